The molecule has 0 N–H and O–H groups in total. The first kappa shape index (κ1) is 22.1. The maximum Gasteiger partial charge on any atom is 0.416 e. The fraction of sp³-hybridized carbons (Fsp3) is 0.650. The van der Waals surface area contributed by atoms with Crippen LogP contribution in [0.3, 0.4) is 0 Å². The molecule has 0 saturated carbocycles. The zero-order valence-electron chi connectivity index (χ0n) is 16.5. The van der Waals surface area contributed by atoms with Crippen molar-refractivity contribution in [2.24, 2.45) is 5.92 Å². The van der Waals surface area contributed by atoms with Crippen molar-refractivity contribution in [3.8, 4) is 0 Å². The normalized spacial score (nSPS) is 24.4. The first-order chi connectivity index (χ1) is 13.8. The van der Waals surface area contributed by atoms with E-state index in [2.05, 4.69) is 0 Å². The van der Waals surface area contributed by atoms with Crippen molar-refractivity contribution >= 4 is 16.8 Å². The number of nitrogens with zero attached hydrogens (tertiary/aromatic N) is 2. The summed E-state index contributed by atoms with van der Waals surface area (Å²) in [5.74, 6) is 1.04. The summed E-state index contributed by atoms with van der Waals surface area (Å²) in [6.07, 6.45) is -3.66. The van der Waals surface area contributed by atoms with Crippen LogP contribution in [0.4, 0.5) is 18.0 Å². The topological polar surface area (TPSA) is 49.9 Å². The average Bonchev–Trinajstić information content (AvgIpc) is 2.73. The summed E-state index contributed by atoms with van der Waals surface area (Å²) in [5.41, 5.74) is 0.103. The number of halogens is 3. The third-order valence-electron chi connectivity index (χ3n) is 5.54. The van der Waals surface area contributed by atoms with E-state index in [0.717, 1.165) is 17.7 Å². The fourth-order valence-electron chi connectivity index (χ4n) is 4.00. The molecule has 0 radical (unpaired) electrons. The summed E-state index contributed by atoms with van der Waals surface area (Å²) in [5, 5.41) is 0. The van der Waals surface area contributed by atoms with E-state index >= 15 is 0 Å². The predicted molar refractivity (Wildman–Crippen MR) is 105 cm³/mol. The molecule has 2 saturated heterocycles. The maximum atomic E-state index is 13.0. The Morgan fingerprint density at radius 3 is 2.38 bits per heavy atom. The number of alkyl halides is 3. The quantitative estimate of drug-likeness (QED) is 0.733. The molecule has 3 atom stereocenters. The van der Waals surface area contributed by atoms with E-state index in [0.29, 0.717) is 57.3 Å². The van der Waals surface area contributed by atoms with Crippen molar-refractivity contribution in [2.45, 2.75) is 25.4 Å². The highest BCUT2D eigenvalue weighted by atomic mass is 32.2. The lowest BCUT2D eigenvalue weighted by molar-refractivity contribution is -0.137. The van der Waals surface area contributed by atoms with E-state index in [1.807, 2.05) is 6.92 Å². The molecule has 2 heterocycles. The molecule has 29 heavy (non-hydrogen) atoms. The Morgan fingerprint density at radius 1 is 1.14 bits per heavy atom. The van der Waals surface area contributed by atoms with Gasteiger partial charge in [-0.15, -0.1) is 0 Å². The first-order valence-corrected chi connectivity index (χ1v) is 11.4. The zero-order valence-corrected chi connectivity index (χ0v) is 17.3. The SMILES string of the molecule is CCS(=O)CC1CC(c2ccc(C(F)(F)F)cc2)CN(C(=O)N2CCOCC2)C1. The second kappa shape index (κ2) is 9.47. The molecule has 9 heteroatoms. The number of likely N-dealkylation sites (tertiary alicyclic amines) is 1. The summed E-state index contributed by atoms with van der Waals surface area (Å²) in [6.45, 7) is 4.92. The summed E-state index contributed by atoms with van der Waals surface area (Å²) in [7, 11) is -0.965. The molecular weight excluding hydrogens is 405 g/mol. The van der Waals surface area contributed by atoms with Crippen LogP contribution in [0.1, 0.15) is 30.4 Å². The molecule has 3 unspecified atom stereocenters. The van der Waals surface area contributed by atoms with Gasteiger partial charge in [0.25, 0.3) is 0 Å². The van der Waals surface area contributed by atoms with E-state index in [1.54, 1.807) is 9.80 Å². The van der Waals surface area contributed by atoms with Crippen LogP contribution in [0.5, 0.6) is 0 Å². The Morgan fingerprint density at radius 2 is 1.79 bits per heavy atom. The number of ether oxygens (including phenoxy) is 1. The summed E-state index contributed by atoms with van der Waals surface area (Å²) in [4.78, 5) is 16.5. The molecule has 162 valence electrons. The summed E-state index contributed by atoms with van der Waals surface area (Å²) < 4.78 is 56.1. The largest absolute Gasteiger partial charge is 0.416 e. The monoisotopic (exact) mass is 432 g/mol. The van der Waals surface area contributed by atoms with Gasteiger partial charge in [0.05, 0.1) is 18.8 Å². The number of carbonyl (C=O) groups excluding carboxylic acids is 1. The van der Waals surface area contributed by atoms with Gasteiger partial charge in [-0.1, -0.05) is 19.1 Å². The minimum atomic E-state index is -4.37. The van der Waals surface area contributed by atoms with Gasteiger partial charge in [0, 0.05) is 54.4 Å². The third-order valence-corrected chi connectivity index (χ3v) is 7.03. The predicted octanol–water partition coefficient (Wildman–Crippen LogP) is 3.33. The van der Waals surface area contributed by atoms with Gasteiger partial charge in [-0.25, -0.2) is 4.79 Å². The van der Waals surface area contributed by atoms with Crippen molar-refractivity contribution < 1.29 is 26.9 Å². The van der Waals surface area contributed by atoms with E-state index in [4.69, 9.17) is 4.74 Å². The number of morpholine rings is 1. The Bertz CT molecular complexity index is 721. The van der Waals surface area contributed by atoms with Gasteiger partial charge >= 0.3 is 12.2 Å². The van der Waals surface area contributed by atoms with Crippen LogP contribution in [0, 0.1) is 5.92 Å². The van der Waals surface area contributed by atoms with Gasteiger partial charge in [0.1, 0.15) is 0 Å². The number of hydrogen-bond acceptors (Lipinski definition) is 3. The van der Waals surface area contributed by atoms with E-state index < -0.39 is 22.5 Å². The molecule has 0 spiro atoms. The molecule has 2 fully saturated rings. The van der Waals surface area contributed by atoms with Crippen molar-refractivity contribution in [3.63, 3.8) is 0 Å². The van der Waals surface area contributed by atoms with Crippen LogP contribution < -0.4 is 0 Å². The lowest BCUT2D eigenvalue weighted by atomic mass is 9.85. The van der Waals surface area contributed by atoms with E-state index in [-0.39, 0.29) is 17.9 Å². The summed E-state index contributed by atoms with van der Waals surface area (Å²) >= 11 is 0. The summed E-state index contributed by atoms with van der Waals surface area (Å²) in [6, 6.07) is 5.13. The number of carbonyl (C=O) groups is 1. The van der Waals surface area contributed by atoms with E-state index in [9.17, 15) is 22.2 Å². The zero-order chi connectivity index (χ0) is 21.0. The van der Waals surface area contributed by atoms with Gasteiger partial charge in [-0.3, -0.25) is 4.21 Å². The number of amides is 2. The van der Waals surface area contributed by atoms with Crippen LogP contribution in [-0.2, 0) is 21.7 Å². The minimum absolute atomic E-state index is 0.0572. The molecule has 1 aromatic carbocycles. The van der Waals surface area contributed by atoms with Crippen molar-refractivity contribution in [3.05, 3.63) is 35.4 Å². The van der Waals surface area contributed by atoms with Crippen molar-refractivity contribution in [2.75, 3.05) is 50.9 Å². The van der Waals surface area contributed by atoms with Crippen molar-refractivity contribution in [1.29, 1.82) is 0 Å². The molecule has 1 aromatic rings. The molecule has 5 nitrogen and oxygen atoms in total. The molecule has 2 amide bonds. The lowest BCUT2D eigenvalue weighted by Gasteiger charge is -2.41. The number of piperidine rings is 1. The molecule has 2 aliphatic rings. The average molecular weight is 433 g/mol. The lowest BCUT2D eigenvalue weighted by Crippen LogP contribution is -2.52. The highest BCUT2D eigenvalue weighted by molar-refractivity contribution is 7.84. The number of hydrogen-bond donors (Lipinski definition) is 0. The van der Waals surface area contributed by atoms with Crippen LogP contribution in [-0.4, -0.2) is 70.9 Å². The minimum Gasteiger partial charge on any atom is -0.378 e. The van der Waals surface area contributed by atoms with Gasteiger partial charge in [0.15, 0.2) is 0 Å². The number of benzene rings is 1. The van der Waals surface area contributed by atoms with Gasteiger partial charge in [-0.05, 0) is 30.0 Å². The van der Waals surface area contributed by atoms with Crippen LogP contribution in [0.2, 0.25) is 0 Å². The van der Waals surface area contributed by atoms with Crippen LogP contribution in [0.25, 0.3) is 0 Å². The molecule has 2 aliphatic heterocycles. The van der Waals surface area contributed by atoms with E-state index in [1.165, 1.54) is 12.1 Å². The highest BCUT2D eigenvalue weighted by Crippen LogP contribution is 2.34. The Labute approximate surface area is 171 Å². The third kappa shape index (κ3) is 5.72. The number of rotatable bonds is 4. The first-order valence-electron chi connectivity index (χ1n) is 9.91. The molecule has 0 aromatic heterocycles. The van der Waals surface area contributed by atoms with Gasteiger partial charge < -0.3 is 14.5 Å². The molecule has 3 rings (SSSR count). The number of urea groups is 1. The highest BCUT2D eigenvalue weighted by Gasteiger charge is 2.35. The second-order valence-electron chi connectivity index (χ2n) is 7.60. The molecule has 0 bridgehead atoms. The standard InChI is InChI=1S/C20H27F3N2O3S/c1-2-29(27)14-15-11-17(16-3-5-18(6-4-16)20(21,22)23)13-25(12-15)19(26)24-7-9-28-10-8-24/h3-6,15,17H,2,7-14H2,1H3. The Kier molecular flexibility index (Phi) is 7.21. The second-order valence-corrected chi connectivity index (χ2v) is 9.39. The maximum absolute atomic E-state index is 13.0. The van der Waals surface area contributed by atoms with Crippen molar-refractivity contribution in [1.82, 2.24) is 9.80 Å². The Hall–Kier alpha value is -1.61. The van der Waals surface area contributed by atoms with Crippen LogP contribution >= 0.6 is 0 Å². The fourth-order valence-corrected chi connectivity index (χ4v) is 5.00. The smallest absolute Gasteiger partial charge is 0.378 e. The van der Waals surface area contributed by atoms with Gasteiger partial charge in [-0.2, -0.15) is 13.2 Å². The Balaban J connectivity index is 1.77. The van der Waals surface area contributed by atoms with Crippen LogP contribution in [0.15, 0.2) is 24.3 Å². The molecular formula is C20H27F3N2O3S. The molecule has 0 aliphatic carbocycles. The van der Waals surface area contributed by atoms with Gasteiger partial charge in [0.2, 0.25) is 0 Å².